The van der Waals surface area contributed by atoms with Crippen LogP contribution < -0.4 is 14.2 Å². The molecule has 0 aliphatic heterocycles. The van der Waals surface area contributed by atoms with Crippen molar-refractivity contribution in [1.29, 1.82) is 0 Å². The second-order valence-electron chi connectivity index (χ2n) is 4.57. The van der Waals surface area contributed by atoms with Crippen molar-refractivity contribution < 1.29 is 17.9 Å². The zero-order valence-corrected chi connectivity index (χ0v) is 13.9. The van der Waals surface area contributed by atoms with Gasteiger partial charge in [0.2, 0.25) is 10.0 Å². The summed E-state index contributed by atoms with van der Waals surface area (Å²) in [5, 5.41) is 0.253. The van der Waals surface area contributed by atoms with Crippen LogP contribution in [-0.4, -0.2) is 28.2 Å². The van der Waals surface area contributed by atoms with E-state index < -0.39 is 15.6 Å². The van der Waals surface area contributed by atoms with Gasteiger partial charge in [0, 0.05) is 12.1 Å². The first-order chi connectivity index (χ1) is 9.72. The number of nitrogens with one attached hydrogen (secondary N) is 1. The van der Waals surface area contributed by atoms with Crippen LogP contribution in [0.25, 0.3) is 0 Å². The van der Waals surface area contributed by atoms with Gasteiger partial charge in [-0.3, -0.25) is 0 Å². The summed E-state index contributed by atoms with van der Waals surface area (Å²) in [6, 6.07) is 2.68. The summed E-state index contributed by atoms with van der Waals surface area (Å²) in [5.74, 6) is 2.79. The van der Waals surface area contributed by atoms with Crippen molar-refractivity contribution in [2.45, 2.75) is 30.7 Å². The SMILES string of the molecule is C#CC(C)(CC)NS(=O)(=O)c1cc(OC)c(Cl)cc1OC. The Balaban J connectivity index is 3.41. The van der Waals surface area contributed by atoms with Gasteiger partial charge in [0.15, 0.2) is 0 Å². The Kier molecular flexibility index (Phi) is 5.51. The minimum Gasteiger partial charge on any atom is -0.495 e. The molecule has 0 aromatic heterocycles. The Morgan fingerprint density at radius 1 is 1.33 bits per heavy atom. The van der Waals surface area contributed by atoms with Crippen molar-refractivity contribution in [3.63, 3.8) is 0 Å². The van der Waals surface area contributed by atoms with Crippen molar-refractivity contribution in [3.8, 4) is 23.8 Å². The maximum Gasteiger partial charge on any atom is 0.245 e. The van der Waals surface area contributed by atoms with Crippen molar-refractivity contribution in [3.05, 3.63) is 17.2 Å². The Morgan fingerprint density at radius 3 is 2.33 bits per heavy atom. The fourth-order valence-corrected chi connectivity index (χ4v) is 3.40. The van der Waals surface area contributed by atoms with Gasteiger partial charge in [0.05, 0.1) is 24.8 Å². The van der Waals surface area contributed by atoms with Crippen molar-refractivity contribution >= 4 is 21.6 Å². The number of methoxy groups -OCH3 is 2. The molecule has 1 N–H and O–H groups in total. The molecule has 5 nitrogen and oxygen atoms in total. The highest BCUT2D eigenvalue weighted by molar-refractivity contribution is 7.89. The highest BCUT2D eigenvalue weighted by Gasteiger charge is 2.30. The van der Waals surface area contributed by atoms with E-state index in [9.17, 15) is 8.42 Å². The highest BCUT2D eigenvalue weighted by atomic mass is 35.5. The van der Waals surface area contributed by atoms with Crippen molar-refractivity contribution in [1.82, 2.24) is 4.72 Å². The number of ether oxygens (including phenoxy) is 2. The van der Waals surface area contributed by atoms with E-state index in [0.717, 1.165) is 0 Å². The summed E-state index contributed by atoms with van der Waals surface area (Å²) >= 11 is 5.97. The molecule has 0 spiro atoms. The monoisotopic (exact) mass is 331 g/mol. The predicted molar refractivity (Wildman–Crippen MR) is 82.4 cm³/mol. The lowest BCUT2D eigenvalue weighted by molar-refractivity contribution is 0.391. The number of sulfonamides is 1. The maximum atomic E-state index is 12.5. The first kappa shape index (κ1) is 17.6. The van der Waals surface area contributed by atoms with Gasteiger partial charge in [-0.1, -0.05) is 24.4 Å². The van der Waals surface area contributed by atoms with E-state index >= 15 is 0 Å². The van der Waals surface area contributed by atoms with Crippen LogP contribution in [-0.2, 0) is 10.0 Å². The molecular formula is C14H18ClNO4S. The minimum absolute atomic E-state index is 0.0822. The van der Waals surface area contributed by atoms with Crippen LogP contribution >= 0.6 is 11.6 Å². The van der Waals surface area contributed by atoms with Crippen LogP contribution in [0.2, 0.25) is 5.02 Å². The van der Waals surface area contributed by atoms with Gasteiger partial charge in [0.1, 0.15) is 16.4 Å². The number of rotatable bonds is 6. The van der Waals surface area contributed by atoms with Gasteiger partial charge in [-0.25, -0.2) is 8.42 Å². The number of terminal acetylenes is 1. The molecule has 1 aromatic rings. The summed E-state index contributed by atoms with van der Waals surface area (Å²) in [7, 11) is -1.13. The number of hydrogen-bond acceptors (Lipinski definition) is 4. The Labute approximate surface area is 130 Å². The van der Waals surface area contributed by atoms with Gasteiger partial charge < -0.3 is 9.47 Å². The third-order valence-electron chi connectivity index (χ3n) is 3.11. The fraction of sp³-hybridized carbons (Fsp3) is 0.429. The lowest BCUT2D eigenvalue weighted by atomic mass is 10.0. The third kappa shape index (κ3) is 3.82. The van der Waals surface area contributed by atoms with E-state index in [1.54, 1.807) is 13.8 Å². The van der Waals surface area contributed by atoms with E-state index in [-0.39, 0.29) is 21.4 Å². The van der Waals surface area contributed by atoms with E-state index in [1.807, 2.05) is 0 Å². The first-order valence-electron chi connectivity index (χ1n) is 6.16. The molecule has 0 aliphatic carbocycles. The summed E-state index contributed by atoms with van der Waals surface area (Å²) < 4.78 is 37.7. The summed E-state index contributed by atoms with van der Waals surface area (Å²) in [6.45, 7) is 3.42. The van der Waals surface area contributed by atoms with Gasteiger partial charge in [-0.2, -0.15) is 4.72 Å². The van der Waals surface area contributed by atoms with Crippen LogP contribution in [0.5, 0.6) is 11.5 Å². The average Bonchev–Trinajstić information content (AvgIpc) is 2.45. The lowest BCUT2D eigenvalue weighted by Gasteiger charge is -2.24. The van der Waals surface area contributed by atoms with Gasteiger partial charge in [-0.15, -0.1) is 6.42 Å². The molecule has 21 heavy (non-hydrogen) atoms. The topological polar surface area (TPSA) is 64.6 Å². The molecular weight excluding hydrogens is 314 g/mol. The van der Waals surface area contributed by atoms with Gasteiger partial charge in [-0.05, 0) is 13.3 Å². The molecule has 0 aliphatic rings. The molecule has 0 amide bonds. The third-order valence-corrected chi connectivity index (χ3v) is 5.03. The molecule has 0 radical (unpaired) electrons. The number of halogens is 1. The van der Waals surface area contributed by atoms with Gasteiger partial charge >= 0.3 is 0 Å². The maximum absolute atomic E-state index is 12.5. The zero-order valence-electron chi connectivity index (χ0n) is 12.4. The van der Waals surface area contributed by atoms with Crippen molar-refractivity contribution in [2.24, 2.45) is 0 Å². The second-order valence-corrected chi connectivity index (χ2v) is 6.63. The first-order valence-corrected chi connectivity index (χ1v) is 8.02. The normalized spacial score (nSPS) is 14.1. The molecule has 0 saturated heterocycles. The molecule has 0 saturated carbocycles. The highest BCUT2D eigenvalue weighted by Crippen LogP contribution is 2.35. The Morgan fingerprint density at radius 2 is 1.90 bits per heavy atom. The largest absolute Gasteiger partial charge is 0.495 e. The molecule has 0 bridgehead atoms. The second kappa shape index (κ2) is 6.56. The molecule has 1 unspecified atom stereocenters. The Hall–Kier alpha value is -1.42. The van der Waals surface area contributed by atoms with E-state index in [2.05, 4.69) is 10.6 Å². The Bertz CT molecular complexity index is 666. The van der Waals surface area contributed by atoms with Crippen LogP contribution in [0, 0.1) is 12.3 Å². The molecule has 116 valence electrons. The molecule has 1 atom stereocenters. The number of hydrogen-bond donors (Lipinski definition) is 1. The van der Waals surface area contributed by atoms with E-state index in [4.69, 9.17) is 27.5 Å². The minimum atomic E-state index is -3.89. The molecule has 0 heterocycles. The molecule has 7 heteroatoms. The smallest absolute Gasteiger partial charge is 0.245 e. The molecule has 1 rings (SSSR count). The van der Waals surface area contributed by atoms with Crippen LogP contribution in [0.1, 0.15) is 20.3 Å². The van der Waals surface area contributed by atoms with E-state index in [1.165, 1.54) is 26.4 Å². The van der Waals surface area contributed by atoms with Crippen LogP contribution in [0.3, 0.4) is 0 Å². The van der Waals surface area contributed by atoms with Gasteiger partial charge in [0.25, 0.3) is 0 Å². The zero-order chi connectivity index (χ0) is 16.3. The average molecular weight is 332 g/mol. The summed E-state index contributed by atoms with van der Waals surface area (Å²) in [5.41, 5.74) is -0.989. The summed E-state index contributed by atoms with van der Waals surface area (Å²) in [6.07, 6.45) is 5.84. The standard InChI is InChI=1S/C14H18ClNO4S/c1-6-14(3,7-2)16-21(17,18)13-9-11(19-4)10(15)8-12(13)20-5/h1,8-9,16H,7H2,2-5H3. The summed E-state index contributed by atoms with van der Waals surface area (Å²) in [4.78, 5) is -0.0822. The van der Waals surface area contributed by atoms with Crippen LogP contribution in [0.15, 0.2) is 17.0 Å². The predicted octanol–water partition coefficient (Wildman–Crippen LogP) is 2.44. The number of benzene rings is 1. The fourth-order valence-electron chi connectivity index (χ4n) is 1.60. The van der Waals surface area contributed by atoms with E-state index in [0.29, 0.717) is 6.42 Å². The quantitative estimate of drug-likeness (QED) is 0.813. The lowest BCUT2D eigenvalue weighted by Crippen LogP contribution is -2.44. The van der Waals surface area contributed by atoms with Crippen molar-refractivity contribution in [2.75, 3.05) is 14.2 Å². The molecule has 1 aromatic carbocycles. The molecule has 0 fully saturated rings. The van der Waals surface area contributed by atoms with Crippen LogP contribution in [0.4, 0.5) is 0 Å².